The first kappa shape index (κ1) is 12.3. The molecule has 4 nitrogen and oxygen atoms in total. The second-order valence-electron chi connectivity index (χ2n) is 4.59. The largest absolute Gasteiger partial charge is 0.497 e. The molecule has 0 amide bonds. The van der Waals surface area contributed by atoms with Gasteiger partial charge in [-0.1, -0.05) is 12.1 Å². The van der Waals surface area contributed by atoms with Crippen LogP contribution in [0, 0.1) is 0 Å². The van der Waals surface area contributed by atoms with Gasteiger partial charge in [0.2, 0.25) is 5.78 Å². The summed E-state index contributed by atoms with van der Waals surface area (Å²) < 4.78 is 5.17. The van der Waals surface area contributed by atoms with Crippen molar-refractivity contribution in [2.45, 2.75) is 0 Å². The average Bonchev–Trinajstić information content (AvgIpc) is 2.89. The summed E-state index contributed by atoms with van der Waals surface area (Å²) in [6.07, 6.45) is 0. The SMILES string of the molecule is COc1ccc2cc(C(=O)c3cccc(N)c3)[nH]c2c1. The van der Waals surface area contributed by atoms with E-state index in [2.05, 4.69) is 4.98 Å². The van der Waals surface area contributed by atoms with E-state index in [1.165, 1.54) is 0 Å². The molecular weight excluding hydrogens is 252 g/mol. The molecule has 0 saturated heterocycles. The third kappa shape index (κ3) is 2.12. The number of nitrogens with one attached hydrogen (secondary N) is 1. The molecule has 0 aliphatic rings. The Balaban J connectivity index is 2.03. The number of ether oxygens (including phenoxy) is 1. The molecule has 0 bridgehead atoms. The monoisotopic (exact) mass is 266 g/mol. The smallest absolute Gasteiger partial charge is 0.209 e. The summed E-state index contributed by atoms with van der Waals surface area (Å²) in [6, 6.07) is 14.4. The van der Waals surface area contributed by atoms with Crippen LogP contribution in [0.25, 0.3) is 10.9 Å². The molecule has 3 rings (SSSR count). The molecule has 100 valence electrons. The number of rotatable bonds is 3. The minimum Gasteiger partial charge on any atom is -0.497 e. The van der Waals surface area contributed by atoms with Crippen LogP contribution >= 0.6 is 0 Å². The molecule has 0 saturated carbocycles. The van der Waals surface area contributed by atoms with Crippen molar-refractivity contribution in [2.75, 3.05) is 12.8 Å². The van der Waals surface area contributed by atoms with Crippen molar-refractivity contribution in [3.63, 3.8) is 0 Å². The molecule has 0 unspecified atom stereocenters. The van der Waals surface area contributed by atoms with Crippen molar-refractivity contribution in [3.05, 3.63) is 59.8 Å². The third-order valence-electron chi connectivity index (χ3n) is 3.22. The van der Waals surface area contributed by atoms with Gasteiger partial charge in [-0.2, -0.15) is 0 Å². The molecule has 3 aromatic rings. The number of methoxy groups -OCH3 is 1. The number of aromatic nitrogens is 1. The van der Waals surface area contributed by atoms with Gasteiger partial charge in [-0.25, -0.2) is 0 Å². The number of aromatic amines is 1. The van der Waals surface area contributed by atoms with E-state index in [4.69, 9.17) is 10.5 Å². The third-order valence-corrected chi connectivity index (χ3v) is 3.22. The van der Waals surface area contributed by atoms with E-state index in [0.717, 1.165) is 16.7 Å². The fourth-order valence-corrected chi connectivity index (χ4v) is 2.19. The first-order chi connectivity index (χ1) is 9.67. The highest BCUT2D eigenvalue weighted by Crippen LogP contribution is 2.22. The van der Waals surface area contributed by atoms with Crippen LogP contribution in [-0.4, -0.2) is 17.9 Å². The number of carbonyl (C=O) groups is 1. The molecule has 3 N–H and O–H groups in total. The van der Waals surface area contributed by atoms with Gasteiger partial charge in [-0.15, -0.1) is 0 Å². The van der Waals surface area contributed by atoms with Gasteiger partial charge < -0.3 is 15.5 Å². The Kier molecular flexibility index (Phi) is 2.91. The van der Waals surface area contributed by atoms with Crippen LogP contribution in [0.4, 0.5) is 5.69 Å². The molecule has 0 atom stereocenters. The van der Waals surface area contributed by atoms with Gasteiger partial charge in [0.15, 0.2) is 0 Å². The lowest BCUT2D eigenvalue weighted by Crippen LogP contribution is -2.02. The molecular formula is C16H14N2O2. The number of hydrogen-bond acceptors (Lipinski definition) is 3. The molecule has 1 heterocycles. The zero-order valence-electron chi connectivity index (χ0n) is 11.0. The predicted octanol–water partition coefficient (Wildman–Crippen LogP) is 2.99. The Morgan fingerprint density at radius 3 is 2.75 bits per heavy atom. The highest BCUT2D eigenvalue weighted by Gasteiger charge is 2.12. The molecule has 1 aromatic heterocycles. The summed E-state index contributed by atoms with van der Waals surface area (Å²) in [6.45, 7) is 0. The Morgan fingerprint density at radius 1 is 1.15 bits per heavy atom. The van der Waals surface area contributed by atoms with Crippen LogP contribution in [-0.2, 0) is 0 Å². The zero-order valence-corrected chi connectivity index (χ0v) is 11.0. The van der Waals surface area contributed by atoms with Gasteiger partial charge in [0.1, 0.15) is 5.75 Å². The molecule has 0 aliphatic heterocycles. The van der Waals surface area contributed by atoms with E-state index in [1.54, 1.807) is 31.4 Å². The fraction of sp³-hybridized carbons (Fsp3) is 0.0625. The van der Waals surface area contributed by atoms with Crippen LogP contribution in [0.5, 0.6) is 5.75 Å². The van der Waals surface area contributed by atoms with Gasteiger partial charge in [0.05, 0.1) is 12.8 Å². The molecule has 0 radical (unpaired) electrons. The second-order valence-corrected chi connectivity index (χ2v) is 4.59. The van der Waals surface area contributed by atoms with E-state index >= 15 is 0 Å². The summed E-state index contributed by atoms with van der Waals surface area (Å²) >= 11 is 0. The fourth-order valence-electron chi connectivity index (χ4n) is 2.19. The quantitative estimate of drug-likeness (QED) is 0.565. The Labute approximate surface area is 116 Å². The number of benzene rings is 2. The topological polar surface area (TPSA) is 68.1 Å². The van der Waals surface area contributed by atoms with E-state index in [-0.39, 0.29) is 5.78 Å². The highest BCUT2D eigenvalue weighted by molar-refractivity contribution is 6.10. The predicted molar refractivity (Wildman–Crippen MR) is 79.1 cm³/mol. The zero-order chi connectivity index (χ0) is 14.1. The molecule has 0 fully saturated rings. The molecule has 4 heteroatoms. The first-order valence-corrected chi connectivity index (χ1v) is 6.24. The average molecular weight is 266 g/mol. The summed E-state index contributed by atoms with van der Waals surface area (Å²) in [7, 11) is 1.61. The van der Waals surface area contributed by atoms with Crippen molar-refractivity contribution in [2.24, 2.45) is 0 Å². The molecule has 20 heavy (non-hydrogen) atoms. The van der Waals surface area contributed by atoms with Crippen molar-refractivity contribution in [1.82, 2.24) is 4.98 Å². The highest BCUT2D eigenvalue weighted by atomic mass is 16.5. The normalized spacial score (nSPS) is 10.7. The number of nitrogen functional groups attached to an aromatic ring is 1. The number of hydrogen-bond donors (Lipinski definition) is 2. The van der Waals surface area contributed by atoms with Crippen molar-refractivity contribution < 1.29 is 9.53 Å². The van der Waals surface area contributed by atoms with E-state index in [9.17, 15) is 4.79 Å². The number of nitrogens with two attached hydrogens (primary N) is 1. The van der Waals surface area contributed by atoms with Crippen molar-refractivity contribution in [1.29, 1.82) is 0 Å². The maximum atomic E-state index is 12.4. The van der Waals surface area contributed by atoms with Crippen LogP contribution < -0.4 is 10.5 Å². The van der Waals surface area contributed by atoms with E-state index in [0.29, 0.717) is 16.9 Å². The molecule has 0 aliphatic carbocycles. The standard InChI is InChI=1S/C16H14N2O2/c1-20-13-6-5-10-8-15(18-14(10)9-13)16(19)11-3-2-4-12(17)7-11/h2-9,18H,17H2,1H3. The lowest BCUT2D eigenvalue weighted by molar-refractivity contribution is 0.103. The van der Waals surface area contributed by atoms with Gasteiger partial charge in [0.25, 0.3) is 0 Å². The van der Waals surface area contributed by atoms with E-state index < -0.39 is 0 Å². The second kappa shape index (κ2) is 4.74. The maximum absolute atomic E-state index is 12.4. The van der Waals surface area contributed by atoms with Gasteiger partial charge in [-0.3, -0.25) is 4.79 Å². The van der Waals surface area contributed by atoms with Gasteiger partial charge in [-0.05, 0) is 30.3 Å². The summed E-state index contributed by atoms with van der Waals surface area (Å²) in [4.78, 5) is 15.5. The lowest BCUT2D eigenvalue weighted by Gasteiger charge is -1.99. The van der Waals surface area contributed by atoms with Crippen LogP contribution in [0.2, 0.25) is 0 Å². The lowest BCUT2D eigenvalue weighted by atomic mass is 10.1. The Bertz CT molecular complexity index is 790. The summed E-state index contributed by atoms with van der Waals surface area (Å²) in [5, 5.41) is 0.970. The van der Waals surface area contributed by atoms with Gasteiger partial charge in [0, 0.05) is 28.2 Å². The number of anilines is 1. The minimum atomic E-state index is -0.0764. The minimum absolute atomic E-state index is 0.0764. The summed E-state index contributed by atoms with van der Waals surface area (Å²) in [5.74, 6) is 0.676. The summed E-state index contributed by atoms with van der Waals surface area (Å²) in [5.41, 5.74) is 8.27. The maximum Gasteiger partial charge on any atom is 0.209 e. The number of H-pyrrole nitrogens is 1. The van der Waals surface area contributed by atoms with Crippen LogP contribution in [0.3, 0.4) is 0 Å². The number of fused-ring (bicyclic) bond motifs is 1. The first-order valence-electron chi connectivity index (χ1n) is 6.24. The van der Waals surface area contributed by atoms with Crippen LogP contribution in [0.1, 0.15) is 16.1 Å². The molecule has 2 aromatic carbocycles. The Morgan fingerprint density at radius 2 is 2.00 bits per heavy atom. The van der Waals surface area contributed by atoms with Crippen molar-refractivity contribution >= 4 is 22.4 Å². The van der Waals surface area contributed by atoms with Crippen LogP contribution in [0.15, 0.2) is 48.5 Å². The van der Waals surface area contributed by atoms with E-state index in [1.807, 2.05) is 24.3 Å². The number of carbonyl (C=O) groups excluding carboxylic acids is 1. The Hall–Kier alpha value is -2.75. The van der Waals surface area contributed by atoms with Crippen molar-refractivity contribution in [3.8, 4) is 5.75 Å². The van der Waals surface area contributed by atoms with Gasteiger partial charge >= 0.3 is 0 Å². The molecule has 0 spiro atoms. The number of ketones is 1.